The lowest BCUT2D eigenvalue weighted by atomic mass is 9.82. The standard InChI is InChI=1S/C11H14N4O/c12-4-8-3-10(13)11(15-6-8)14-5-7-1-9(16)2-7/h3,6-7,9,16H,1-2,5,13H2,(H,14,15). The smallest absolute Gasteiger partial charge is 0.149 e. The summed E-state index contributed by atoms with van der Waals surface area (Å²) in [6.07, 6.45) is 3.03. The number of nitrogens with two attached hydrogens (primary N) is 1. The molecule has 1 heterocycles. The quantitative estimate of drug-likeness (QED) is 0.694. The Morgan fingerprint density at radius 1 is 1.62 bits per heavy atom. The fourth-order valence-electron chi connectivity index (χ4n) is 1.80. The van der Waals surface area contributed by atoms with Gasteiger partial charge in [0.2, 0.25) is 0 Å². The molecule has 5 heteroatoms. The van der Waals surface area contributed by atoms with Crippen molar-refractivity contribution in [2.75, 3.05) is 17.6 Å². The minimum atomic E-state index is -0.141. The maximum Gasteiger partial charge on any atom is 0.149 e. The lowest BCUT2D eigenvalue weighted by Gasteiger charge is -2.31. The SMILES string of the molecule is N#Cc1cnc(NCC2CC(O)C2)c(N)c1. The van der Waals surface area contributed by atoms with Gasteiger partial charge in [-0.2, -0.15) is 5.26 Å². The topological polar surface area (TPSA) is 95.0 Å². The molecule has 1 aromatic rings. The van der Waals surface area contributed by atoms with Crippen LogP contribution in [-0.2, 0) is 0 Å². The summed E-state index contributed by atoms with van der Waals surface area (Å²) in [5, 5.41) is 20.9. The van der Waals surface area contributed by atoms with E-state index >= 15 is 0 Å². The van der Waals surface area contributed by atoms with Crippen LogP contribution in [0.15, 0.2) is 12.3 Å². The molecule has 1 saturated carbocycles. The predicted molar refractivity (Wildman–Crippen MR) is 60.6 cm³/mol. The molecular weight excluding hydrogens is 204 g/mol. The molecule has 0 unspecified atom stereocenters. The van der Waals surface area contributed by atoms with Crippen molar-refractivity contribution < 1.29 is 5.11 Å². The number of rotatable bonds is 3. The third kappa shape index (κ3) is 2.23. The van der Waals surface area contributed by atoms with E-state index in [1.165, 1.54) is 6.20 Å². The average molecular weight is 218 g/mol. The number of nitrogen functional groups attached to an aromatic ring is 1. The first-order chi connectivity index (χ1) is 7.69. The summed E-state index contributed by atoms with van der Waals surface area (Å²) < 4.78 is 0. The molecule has 1 aliphatic carbocycles. The lowest BCUT2D eigenvalue weighted by molar-refractivity contribution is 0.0486. The fraction of sp³-hybridized carbons (Fsp3) is 0.455. The summed E-state index contributed by atoms with van der Waals surface area (Å²) in [6.45, 7) is 0.764. The Morgan fingerprint density at radius 3 is 2.94 bits per heavy atom. The maximum absolute atomic E-state index is 9.13. The minimum absolute atomic E-state index is 0.141. The molecule has 84 valence electrons. The van der Waals surface area contributed by atoms with E-state index in [-0.39, 0.29) is 6.10 Å². The molecule has 0 atom stereocenters. The highest BCUT2D eigenvalue weighted by molar-refractivity contribution is 5.63. The van der Waals surface area contributed by atoms with Gasteiger partial charge < -0.3 is 16.2 Å². The van der Waals surface area contributed by atoms with Gasteiger partial charge in [0.1, 0.15) is 11.9 Å². The number of nitrogens with one attached hydrogen (secondary N) is 1. The van der Waals surface area contributed by atoms with Crippen molar-refractivity contribution in [2.24, 2.45) is 5.92 Å². The second-order valence-corrected chi connectivity index (χ2v) is 4.15. The van der Waals surface area contributed by atoms with Crippen LogP contribution < -0.4 is 11.1 Å². The third-order valence-electron chi connectivity index (χ3n) is 2.82. The highest BCUT2D eigenvalue weighted by Crippen LogP contribution is 2.27. The van der Waals surface area contributed by atoms with Gasteiger partial charge in [0.05, 0.1) is 17.4 Å². The predicted octanol–water partition coefficient (Wildman–Crippen LogP) is 0.718. The van der Waals surface area contributed by atoms with Crippen molar-refractivity contribution in [1.29, 1.82) is 5.26 Å². The van der Waals surface area contributed by atoms with Crippen molar-refractivity contribution in [3.05, 3.63) is 17.8 Å². The first-order valence-electron chi connectivity index (χ1n) is 5.26. The number of nitrogens with zero attached hydrogens (tertiary/aromatic N) is 2. The van der Waals surface area contributed by atoms with Gasteiger partial charge in [0.25, 0.3) is 0 Å². The highest BCUT2D eigenvalue weighted by Gasteiger charge is 2.26. The molecule has 5 nitrogen and oxygen atoms in total. The van der Waals surface area contributed by atoms with Crippen LogP contribution >= 0.6 is 0 Å². The number of nitriles is 1. The highest BCUT2D eigenvalue weighted by atomic mass is 16.3. The number of hydrogen-bond donors (Lipinski definition) is 3. The molecule has 4 N–H and O–H groups in total. The number of aliphatic hydroxyl groups is 1. The van der Waals surface area contributed by atoms with E-state index in [1.807, 2.05) is 6.07 Å². The zero-order valence-electron chi connectivity index (χ0n) is 8.85. The van der Waals surface area contributed by atoms with E-state index in [0.29, 0.717) is 23.0 Å². The summed E-state index contributed by atoms with van der Waals surface area (Å²) in [7, 11) is 0. The van der Waals surface area contributed by atoms with Crippen LogP contribution in [-0.4, -0.2) is 22.7 Å². The van der Waals surface area contributed by atoms with Gasteiger partial charge in [-0.1, -0.05) is 0 Å². The van der Waals surface area contributed by atoms with Crippen LogP contribution in [0.3, 0.4) is 0 Å². The van der Waals surface area contributed by atoms with Gasteiger partial charge in [0, 0.05) is 12.7 Å². The molecule has 0 aliphatic heterocycles. The first-order valence-corrected chi connectivity index (χ1v) is 5.26. The van der Waals surface area contributed by atoms with E-state index in [0.717, 1.165) is 19.4 Å². The molecule has 0 spiro atoms. The average Bonchev–Trinajstić information content (AvgIpc) is 2.24. The summed E-state index contributed by atoms with van der Waals surface area (Å²) >= 11 is 0. The molecular formula is C11H14N4O. The Hall–Kier alpha value is -1.80. The van der Waals surface area contributed by atoms with Gasteiger partial charge in [-0.05, 0) is 24.8 Å². The Labute approximate surface area is 93.9 Å². The van der Waals surface area contributed by atoms with Crippen LogP contribution in [0.5, 0.6) is 0 Å². The molecule has 1 aromatic heterocycles. The molecule has 1 fully saturated rings. The Morgan fingerprint density at radius 2 is 2.38 bits per heavy atom. The summed E-state index contributed by atoms with van der Waals surface area (Å²) in [5.41, 5.74) is 6.69. The normalized spacial score (nSPS) is 23.2. The molecule has 0 radical (unpaired) electrons. The zero-order valence-corrected chi connectivity index (χ0v) is 8.85. The Balaban J connectivity index is 1.92. The second kappa shape index (κ2) is 4.37. The largest absolute Gasteiger partial charge is 0.396 e. The number of aliphatic hydroxyl groups excluding tert-OH is 1. The molecule has 0 bridgehead atoms. The molecule has 0 aromatic carbocycles. The third-order valence-corrected chi connectivity index (χ3v) is 2.82. The number of hydrogen-bond acceptors (Lipinski definition) is 5. The van der Waals surface area contributed by atoms with Crippen LogP contribution in [0.25, 0.3) is 0 Å². The zero-order chi connectivity index (χ0) is 11.5. The Kier molecular flexibility index (Phi) is 2.93. The van der Waals surface area contributed by atoms with E-state index in [4.69, 9.17) is 16.1 Å². The van der Waals surface area contributed by atoms with E-state index in [9.17, 15) is 0 Å². The van der Waals surface area contributed by atoms with Crippen molar-refractivity contribution >= 4 is 11.5 Å². The number of pyridine rings is 1. The minimum Gasteiger partial charge on any atom is -0.396 e. The summed E-state index contributed by atoms with van der Waals surface area (Å²) in [5.74, 6) is 1.10. The molecule has 0 amide bonds. The summed E-state index contributed by atoms with van der Waals surface area (Å²) in [6, 6.07) is 3.59. The van der Waals surface area contributed by atoms with Gasteiger partial charge in [-0.25, -0.2) is 4.98 Å². The summed E-state index contributed by atoms with van der Waals surface area (Å²) in [4.78, 5) is 4.08. The van der Waals surface area contributed by atoms with Crippen LogP contribution in [0.1, 0.15) is 18.4 Å². The van der Waals surface area contributed by atoms with E-state index in [2.05, 4.69) is 10.3 Å². The van der Waals surface area contributed by atoms with Gasteiger partial charge >= 0.3 is 0 Å². The van der Waals surface area contributed by atoms with Crippen LogP contribution in [0.2, 0.25) is 0 Å². The van der Waals surface area contributed by atoms with Crippen molar-refractivity contribution in [1.82, 2.24) is 4.98 Å². The van der Waals surface area contributed by atoms with Crippen LogP contribution in [0.4, 0.5) is 11.5 Å². The van der Waals surface area contributed by atoms with Gasteiger partial charge in [0.15, 0.2) is 0 Å². The first kappa shape index (κ1) is 10.7. The lowest BCUT2D eigenvalue weighted by Crippen LogP contribution is -2.33. The van der Waals surface area contributed by atoms with Crippen molar-refractivity contribution in [3.8, 4) is 6.07 Å². The molecule has 0 saturated heterocycles. The molecule has 2 rings (SSSR count). The number of aromatic nitrogens is 1. The van der Waals surface area contributed by atoms with Gasteiger partial charge in [-0.15, -0.1) is 0 Å². The van der Waals surface area contributed by atoms with Crippen molar-refractivity contribution in [3.63, 3.8) is 0 Å². The number of anilines is 2. The van der Waals surface area contributed by atoms with Gasteiger partial charge in [-0.3, -0.25) is 0 Å². The van der Waals surface area contributed by atoms with Crippen molar-refractivity contribution in [2.45, 2.75) is 18.9 Å². The molecule has 1 aliphatic rings. The second-order valence-electron chi connectivity index (χ2n) is 4.15. The van der Waals surface area contributed by atoms with Crippen LogP contribution in [0, 0.1) is 17.2 Å². The maximum atomic E-state index is 9.13. The monoisotopic (exact) mass is 218 g/mol. The fourth-order valence-corrected chi connectivity index (χ4v) is 1.80. The van der Waals surface area contributed by atoms with E-state index < -0.39 is 0 Å². The van der Waals surface area contributed by atoms with E-state index in [1.54, 1.807) is 6.07 Å². The Bertz CT molecular complexity index is 420. The molecule has 16 heavy (non-hydrogen) atoms.